The number of carbonyl (C=O) groups is 2. The lowest BCUT2D eigenvalue weighted by molar-refractivity contribution is -0.118. The van der Waals surface area contributed by atoms with Gasteiger partial charge in [0, 0.05) is 21.4 Å². The van der Waals surface area contributed by atoms with Gasteiger partial charge in [-0.3, -0.25) is 9.59 Å². The number of ether oxygens (including phenoxy) is 2. The van der Waals surface area contributed by atoms with Crippen LogP contribution in [0.25, 0.3) is 6.08 Å². The molecule has 2 amide bonds. The zero-order valence-electron chi connectivity index (χ0n) is 20.5. The molecule has 3 aromatic rings. The first-order valence-electron chi connectivity index (χ1n) is 11.3. The van der Waals surface area contributed by atoms with Crippen LogP contribution in [0.2, 0.25) is 0 Å². The maximum Gasteiger partial charge on any atom is 0.266 e. The molecule has 9 heteroatoms. The van der Waals surface area contributed by atoms with E-state index in [1.165, 1.54) is 6.08 Å². The zero-order valence-corrected chi connectivity index (χ0v) is 23.7. The van der Waals surface area contributed by atoms with Crippen molar-refractivity contribution in [1.82, 2.24) is 0 Å². The van der Waals surface area contributed by atoms with Crippen molar-refractivity contribution in [2.75, 3.05) is 23.8 Å². The third kappa shape index (κ3) is 7.94. The van der Waals surface area contributed by atoms with Crippen molar-refractivity contribution in [3.05, 3.63) is 85.8 Å². The van der Waals surface area contributed by atoms with Crippen LogP contribution in [0.4, 0.5) is 11.4 Å². The van der Waals surface area contributed by atoms with Gasteiger partial charge >= 0.3 is 0 Å². The fraction of sp³-hybridized carbons (Fsp3) is 0.179. The highest BCUT2D eigenvalue weighted by Crippen LogP contribution is 2.34. The summed E-state index contributed by atoms with van der Waals surface area (Å²) in [6, 6.07) is 18.0. The molecule has 0 spiro atoms. The fourth-order valence-corrected chi connectivity index (χ4v) is 4.71. The van der Waals surface area contributed by atoms with Gasteiger partial charge in [-0.1, -0.05) is 28.1 Å². The first-order chi connectivity index (χ1) is 17.7. The quantitative estimate of drug-likeness (QED) is 0.201. The van der Waals surface area contributed by atoms with E-state index in [0.29, 0.717) is 44.0 Å². The molecule has 0 aromatic heterocycles. The van der Waals surface area contributed by atoms with Crippen LogP contribution >= 0.6 is 31.9 Å². The van der Waals surface area contributed by atoms with Gasteiger partial charge in [0.1, 0.15) is 23.1 Å². The second-order valence-corrected chi connectivity index (χ2v) is 9.81. The first-order valence-corrected chi connectivity index (χ1v) is 12.9. The summed E-state index contributed by atoms with van der Waals surface area (Å²) in [7, 11) is 0. The second-order valence-electron chi connectivity index (χ2n) is 8.04. The molecule has 3 aromatic carbocycles. The Morgan fingerprint density at radius 1 is 1.00 bits per heavy atom. The summed E-state index contributed by atoms with van der Waals surface area (Å²) < 4.78 is 12.5. The van der Waals surface area contributed by atoms with Crippen molar-refractivity contribution in [2.24, 2.45) is 0 Å². The number of hydrogen-bond donors (Lipinski definition) is 2. The van der Waals surface area contributed by atoms with Gasteiger partial charge < -0.3 is 20.1 Å². The van der Waals surface area contributed by atoms with E-state index in [-0.39, 0.29) is 18.1 Å². The van der Waals surface area contributed by atoms with E-state index in [1.54, 1.807) is 36.4 Å². The van der Waals surface area contributed by atoms with Gasteiger partial charge in [0.05, 0.1) is 11.1 Å². The Morgan fingerprint density at radius 2 is 1.73 bits per heavy atom. The number of nitrogens with one attached hydrogen (secondary N) is 2. The highest BCUT2D eigenvalue weighted by molar-refractivity contribution is 9.11. The van der Waals surface area contributed by atoms with Gasteiger partial charge in [0.25, 0.3) is 11.8 Å². The van der Waals surface area contributed by atoms with E-state index >= 15 is 0 Å². The molecule has 0 aliphatic heterocycles. The van der Waals surface area contributed by atoms with Crippen molar-refractivity contribution < 1.29 is 19.1 Å². The van der Waals surface area contributed by atoms with Crippen molar-refractivity contribution >= 4 is 61.1 Å². The van der Waals surface area contributed by atoms with Crippen molar-refractivity contribution in [1.29, 1.82) is 5.26 Å². The number of rotatable bonds is 9. The van der Waals surface area contributed by atoms with E-state index < -0.39 is 5.91 Å². The van der Waals surface area contributed by atoms with Gasteiger partial charge in [-0.15, -0.1) is 0 Å². The fourth-order valence-electron chi connectivity index (χ4n) is 3.34. The predicted octanol–water partition coefficient (Wildman–Crippen LogP) is 6.79. The topological polar surface area (TPSA) is 100 Å². The summed E-state index contributed by atoms with van der Waals surface area (Å²) in [5.41, 5.74) is 3.50. The van der Waals surface area contributed by atoms with E-state index in [1.807, 2.05) is 45.0 Å². The Hall–Kier alpha value is -3.61. The SMILES string of the molecule is CCOc1ccc(NC(=O)/C(C#N)=C/c2cc(Br)cc(Br)c2OCC(=O)Nc2cc(C)ccc2C)cc1. The molecule has 37 heavy (non-hydrogen) atoms. The molecule has 7 nitrogen and oxygen atoms in total. The second kappa shape index (κ2) is 13.1. The highest BCUT2D eigenvalue weighted by Gasteiger charge is 2.16. The molecule has 3 rings (SSSR count). The zero-order chi connectivity index (χ0) is 26.9. The summed E-state index contributed by atoms with van der Waals surface area (Å²) in [5, 5.41) is 15.2. The molecule has 0 bridgehead atoms. The van der Waals surface area contributed by atoms with Gasteiger partial charge in [-0.25, -0.2) is 0 Å². The maximum atomic E-state index is 12.8. The Labute approximate surface area is 232 Å². The Morgan fingerprint density at radius 3 is 2.41 bits per heavy atom. The molecule has 0 atom stereocenters. The molecule has 0 saturated carbocycles. The van der Waals surface area contributed by atoms with Gasteiger partial charge in [-0.2, -0.15) is 5.26 Å². The van der Waals surface area contributed by atoms with Crippen molar-refractivity contribution in [3.63, 3.8) is 0 Å². The highest BCUT2D eigenvalue weighted by atomic mass is 79.9. The molecule has 0 aliphatic rings. The van der Waals surface area contributed by atoms with Gasteiger partial charge in [0.2, 0.25) is 0 Å². The van der Waals surface area contributed by atoms with Crippen LogP contribution in [-0.4, -0.2) is 25.0 Å². The third-order valence-electron chi connectivity index (χ3n) is 5.14. The monoisotopic (exact) mass is 625 g/mol. The number of nitriles is 1. The smallest absolute Gasteiger partial charge is 0.266 e. The number of anilines is 2. The first kappa shape index (κ1) is 28.0. The number of halogens is 2. The third-order valence-corrected chi connectivity index (χ3v) is 6.19. The Bertz CT molecular complexity index is 1380. The van der Waals surface area contributed by atoms with Crippen LogP contribution in [-0.2, 0) is 9.59 Å². The Balaban J connectivity index is 1.78. The number of carbonyl (C=O) groups excluding carboxylic acids is 2. The number of benzene rings is 3. The van der Waals surface area contributed by atoms with Gasteiger partial charge in [0.15, 0.2) is 6.61 Å². The molecule has 0 radical (unpaired) electrons. The van der Waals surface area contributed by atoms with E-state index in [9.17, 15) is 14.9 Å². The summed E-state index contributed by atoms with van der Waals surface area (Å²) in [6.07, 6.45) is 1.41. The number of aryl methyl sites for hydroxylation is 2. The molecule has 0 heterocycles. The van der Waals surface area contributed by atoms with Crippen LogP contribution in [0.3, 0.4) is 0 Å². The molecule has 0 fully saturated rings. The number of nitrogens with zero attached hydrogens (tertiary/aromatic N) is 1. The van der Waals surface area contributed by atoms with Crippen molar-refractivity contribution in [3.8, 4) is 17.6 Å². The molecular weight excluding hydrogens is 602 g/mol. The summed E-state index contributed by atoms with van der Waals surface area (Å²) in [4.78, 5) is 25.4. The predicted molar refractivity (Wildman–Crippen MR) is 152 cm³/mol. The minimum atomic E-state index is -0.582. The standard InChI is InChI=1S/C28H25Br2N3O4/c1-4-36-23-9-7-22(8-10-23)32-28(35)20(15-31)12-19-13-21(29)14-24(30)27(19)37-16-26(34)33-25-11-17(2)5-6-18(25)3/h5-14H,4,16H2,1-3H3,(H,32,35)(H,33,34)/b20-12+. The molecular formula is C28H25Br2N3O4. The van der Waals surface area contributed by atoms with Crippen LogP contribution < -0.4 is 20.1 Å². The summed E-state index contributed by atoms with van der Waals surface area (Å²) in [6.45, 7) is 6.00. The average molecular weight is 627 g/mol. The molecule has 0 saturated heterocycles. The lowest BCUT2D eigenvalue weighted by atomic mass is 10.1. The Kier molecular flexibility index (Phi) is 9.89. The minimum Gasteiger partial charge on any atom is -0.494 e. The summed E-state index contributed by atoms with van der Waals surface area (Å²) >= 11 is 6.87. The molecule has 0 unspecified atom stereocenters. The number of amides is 2. The molecule has 0 aliphatic carbocycles. The van der Waals surface area contributed by atoms with E-state index in [2.05, 4.69) is 42.5 Å². The number of hydrogen-bond acceptors (Lipinski definition) is 5. The molecule has 2 N–H and O–H groups in total. The van der Waals surface area contributed by atoms with E-state index in [4.69, 9.17) is 9.47 Å². The average Bonchev–Trinajstić information content (AvgIpc) is 2.85. The van der Waals surface area contributed by atoms with E-state index in [0.717, 1.165) is 11.1 Å². The maximum absolute atomic E-state index is 12.8. The largest absolute Gasteiger partial charge is 0.494 e. The van der Waals surface area contributed by atoms with Gasteiger partial charge in [-0.05, 0) is 96.4 Å². The lowest BCUT2D eigenvalue weighted by Gasteiger charge is -2.14. The van der Waals surface area contributed by atoms with Crippen LogP contribution in [0, 0.1) is 25.2 Å². The van der Waals surface area contributed by atoms with Crippen LogP contribution in [0.5, 0.6) is 11.5 Å². The van der Waals surface area contributed by atoms with Crippen LogP contribution in [0.15, 0.2) is 69.1 Å². The lowest BCUT2D eigenvalue weighted by Crippen LogP contribution is -2.21. The normalized spacial score (nSPS) is 10.9. The van der Waals surface area contributed by atoms with Crippen LogP contribution in [0.1, 0.15) is 23.6 Å². The molecule has 190 valence electrons. The summed E-state index contributed by atoms with van der Waals surface area (Å²) in [5.74, 6) is 0.0772. The minimum absolute atomic E-state index is 0.136. The van der Waals surface area contributed by atoms with Crippen molar-refractivity contribution in [2.45, 2.75) is 20.8 Å².